The van der Waals surface area contributed by atoms with Crippen LogP contribution in [0.5, 0.6) is 0 Å². The number of nitrogens with zero attached hydrogens (tertiary/aromatic N) is 1. The molecule has 0 aliphatic heterocycles. The molecule has 0 aliphatic carbocycles. The minimum absolute atomic E-state index is 0.0581. The molecule has 0 unspecified atom stereocenters. The van der Waals surface area contributed by atoms with Crippen LogP contribution >= 0.6 is 11.6 Å². The predicted molar refractivity (Wildman–Crippen MR) is 87.0 cm³/mol. The van der Waals surface area contributed by atoms with Crippen molar-refractivity contribution in [2.24, 2.45) is 0 Å². The third-order valence-electron chi connectivity index (χ3n) is 3.20. The molecule has 0 spiro atoms. The number of sulfonamides is 1. The van der Waals surface area contributed by atoms with Crippen molar-refractivity contribution in [3.05, 3.63) is 53.1 Å². The molecule has 23 heavy (non-hydrogen) atoms. The van der Waals surface area contributed by atoms with E-state index >= 15 is 0 Å². The van der Waals surface area contributed by atoms with Crippen molar-refractivity contribution >= 4 is 38.4 Å². The van der Waals surface area contributed by atoms with E-state index in [-0.39, 0.29) is 10.7 Å². The number of fused-ring (bicyclic) bond motifs is 1. The molecule has 1 heterocycles. The molecule has 0 fully saturated rings. The summed E-state index contributed by atoms with van der Waals surface area (Å²) in [6.07, 6.45) is 0. The molecule has 1 N–H and O–H groups in total. The van der Waals surface area contributed by atoms with E-state index in [1.165, 1.54) is 12.1 Å². The molecule has 0 amide bonds. The van der Waals surface area contributed by atoms with Crippen molar-refractivity contribution in [2.45, 2.75) is 11.5 Å². The highest BCUT2D eigenvalue weighted by Gasteiger charge is 2.20. The number of hydrogen-bond donors (Lipinski definition) is 1. The Balaban J connectivity index is 1.99. The normalized spacial score (nSPS) is 11.7. The van der Waals surface area contributed by atoms with Crippen molar-refractivity contribution in [3.8, 4) is 0 Å². The molecule has 2 aromatic carbocycles. The van der Waals surface area contributed by atoms with Crippen LogP contribution in [0, 0.1) is 0 Å². The minimum atomic E-state index is -3.82. The number of rotatable bonds is 5. The zero-order chi connectivity index (χ0) is 16.4. The van der Waals surface area contributed by atoms with Gasteiger partial charge in [-0.05, 0) is 29.8 Å². The van der Waals surface area contributed by atoms with Crippen molar-refractivity contribution < 1.29 is 17.7 Å². The summed E-state index contributed by atoms with van der Waals surface area (Å²) in [4.78, 5) is 0.107. The largest absolute Gasteiger partial charge is 0.380 e. The number of halogens is 1. The Hall–Kier alpha value is -2.09. The summed E-state index contributed by atoms with van der Waals surface area (Å²) < 4.78 is 37.6. The fourth-order valence-corrected chi connectivity index (χ4v) is 3.51. The van der Waals surface area contributed by atoms with Crippen LogP contribution in [-0.2, 0) is 21.4 Å². The maximum atomic E-state index is 12.5. The topological polar surface area (TPSA) is 81.4 Å². The highest BCUT2D eigenvalue weighted by Crippen LogP contribution is 2.31. The molecule has 120 valence electrons. The van der Waals surface area contributed by atoms with E-state index in [2.05, 4.69) is 9.88 Å². The van der Waals surface area contributed by atoms with Crippen molar-refractivity contribution in [2.75, 3.05) is 11.8 Å². The Bertz CT molecular complexity index is 953. The molecule has 8 heteroatoms. The van der Waals surface area contributed by atoms with Crippen LogP contribution in [0.3, 0.4) is 0 Å². The molecular weight excluding hydrogens is 340 g/mol. The Morgan fingerprint density at radius 2 is 2.04 bits per heavy atom. The quantitative estimate of drug-likeness (QED) is 0.760. The van der Waals surface area contributed by atoms with Crippen LogP contribution in [0.25, 0.3) is 11.0 Å². The maximum Gasteiger partial charge on any atom is 0.263 e. The molecule has 0 saturated carbocycles. The second-order valence-electron chi connectivity index (χ2n) is 4.83. The van der Waals surface area contributed by atoms with E-state index < -0.39 is 10.0 Å². The summed E-state index contributed by atoms with van der Waals surface area (Å²) in [6, 6.07) is 11.5. The van der Waals surface area contributed by atoms with Gasteiger partial charge in [0.2, 0.25) is 0 Å². The second-order valence-corrected chi connectivity index (χ2v) is 6.92. The third kappa shape index (κ3) is 3.17. The van der Waals surface area contributed by atoms with Crippen LogP contribution in [0.1, 0.15) is 5.56 Å². The number of methoxy groups -OCH3 is 1. The average Bonchev–Trinajstić information content (AvgIpc) is 2.92. The standard InChI is InChI=1S/C15H13ClN2O4S/c1-21-9-10-4-2-5-11(8-10)23(19,20)18-15-14-12(16)6-3-7-13(14)22-17-15/h2-8H,9H2,1H3,(H,17,18). The lowest BCUT2D eigenvalue weighted by molar-refractivity contribution is 0.184. The Labute approximate surface area is 138 Å². The molecule has 0 radical (unpaired) electrons. The van der Waals surface area contributed by atoms with Gasteiger partial charge in [-0.3, -0.25) is 4.72 Å². The van der Waals surface area contributed by atoms with Gasteiger partial charge in [0.1, 0.15) is 0 Å². The number of benzene rings is 2. The molecule has 1 aromatic heterocycles. The fourth-order valence-electron chi connectivity index (χ4n) is 2.18. The number of anilines is 1. The van der Waals surface area contributed by atoms with Gasteiger partial charge in [-0.2, -0.15) is 0 Å². The van der Waals surface area contributed by atoms with Crippen molar-refractivity contribution in [1.29, 1.82) is 0 Å². The second kappa shape index (κ2) is 6.19. The smallest absolute Gasteiger partial charge is 0.263 e. The summed E-state index contributed by atoms with van der Waals surface area (Å²) in [5.41, 5.74) is 1.15. The summed E-state index contributed by atoms with van der Waals surface area (Å²) in [7, 11) is -2.27. The molecular formula is C15H13ClN2O4S. The van der Waals surface area contributed by atoms with Gasteiger partial charge in [-0.15, -0.1) is 0 Å². The molecule has 0 atom stereocenters. The van der Waals surface area contributed by atoms with Gasteiger partial charge in [0.05, 0.1) is 21.9 Å². The average molecular weight is 353 g/mol. The summed E-state index contributed by atoms with van der Waals surface area (Å²) >= 11 is 6.09. The first kappa shape index (κ1) is 15.8. The molecule has 0 saturated heterocycles. The Morgan fingerprint density at radius 3 is 2.83 bits per heavy atom. The summed E-state index contributed by atoms with van der Waals surface area (Å²) in [6.45, 7) is 0.322. The number of nitrogens with one attached hydrogen (secondary N) is 1. The fraction of sp³-hybridized carbons (Fsp3) is 0.133. The molecule has 3 rings (SSSR count). The van der Waals surface area contributed by atoms with Gasteiger partial charge in [-0.1, -0.05) is 35.0 Å². The maximum absolute atomic E-state index is 12.5. The van der Waals surface area contributed by atoms with E-state index in [1.807, 2.05) is 0 Å². The van der Waals surface area contributed by atoms with Gasteiger partial charge in [0.15, 0.2) is 11.4 Å². The van der Waals surface area contributed by atoms with Gasteiger partial charge < -0.3 is 9.26 Å². The van der Waals surface area contributed by atoms with E-state index in [0.29, 0.717) is 22.6 Å². The van der Waals surface area contributed by atoms with Gasteiger partial charge >= 0.3 is 0 Å². The van der Waals surface area contributed by atoms with E-state index in [4.69, 9.17) is 20.9 Å². The number of aromatic nitrogens is 1. The molecule has 0 bridgehead atoms. The lowest BCUT2D eigenvalue weighted by atomic mass is 10.2. The van der Waals surface area contributed by atoms with Gasteiger partial charge in [0, 0.05) is 7.11 Å². The van der Waals surface area contributed by atoms with Gasteiger partial charge in [-0.25, -0.2) is 8.42 Å². The van der Waals surface area contributed by atoms with E-state index in [0.717, 1.165) is 5.56 Å². The number of ether oxygens (including phenoxy) is 1. The predicted octanol–water partition coefficient (Wildman–Crippen LogP) is 3.43. The number of hydrogen-bond acceptors (Lipinski definition) is 5. The summed E-state index contributed by atoms with van der Waals surface area (Å²) in [5, 5.41) is 4.53. The van der Waals surface area contributed by atoms with E-state index in [9.17, 15) is 8.42 Å². The first-order valence-electron chi connectivity index (χ1n) is 6.66. The van der Waals surface area contributed by atoms with Crippen LogP contribution in [-0.4, -0.2) is 20.7 Å². The molecule has 0 aliphatic rings. The van der Waals surface area contributed by atoms with Crippen molar-refractivity contribution in [1.82, 2.24) is 5.16 Å². The lowest BCUT2D eigenvalue weighted by Gasteiger charge is -2.07. The minimum Gasteiger partial charge on any atom is -0.380 e. The third-order valence-corrected chi connectivity index (χ3v) is 4.85. The first-order valence-corrected chi connectivity index (χ1v) is 8.52. The summed E-state index contributed by atoms with van der Waals surface area (Å²) in [5.74, 6) is 0.0581. The highest BCUT2D eigenvalue weighted by atomic mass is 35.5. The molecule has 6 nitrogen and oxygen atoms in total. The van der Waals surface area contributed by atoms with Crippen LogP contribution in [0.2, 0.25) is 5.02 Å². The SMILES string of the molecule is COCc1cccc(S(=O)(=O)Nc2noc3cccc(Cl)c23)c1. The van der Waals surface area contributed by atoms with Crippen LogP contribution in [0.15, 0.2) is 51.9 Å². The lowest BCUT2D eigenvalue weighted by Crippen LogP contribution is -2.13. The van der Waals surface area contributed by atoms with Crippen LogP contribution < -0.4 is 4.72 Å². The molecule has 3 aromatic rings. The van der Waals surface area contributed by atoms with Gasteiger partial charge in [0.25, 0.3) is 10.0 Å². The highest BCUT2D eigenvalue weighted by molar-refractivity contribution is 7.92. The van der Waals surface area contributed by atoms with Crippen molar-refractivity contribution in [3.63, 3.8) is 0 Å². The first-order chi connectivity index (χ1) is 11.0. The van der Waals surface area contributed by atoms with E-state index in [1.54, 1.807) is 37.4 Å². The Kier molecular flexibility index (Phi) is 4.25. The zero-order valence-corrected chi connectivity index (χ0v) is 13.7. The Morgan fingerprint density at radius 1 is 1.26 bits per heavy atom. The monoisotopic (exact) mass is 352 g/mol. The van der Waals surface area contributed by atoms with Crippen LogP contribution in [0.4, 0.5) is 5.82 Å². The zero-order valence-electron chi connectivity index (χ0n) is 12.1.